The standard InChI is InChI=1S/C8H9N3O5/c1-15-7-4(8(12)16-2)3-5(11(13)14)6(9)10-7/h3H,1-2H3,(H2,9,10). The van der Waals surface area contributed by atoms with Gasteiger partial charge in [-0.05, 0) is 0 Å². The zero-order chi connectivity index (χ0) is 12.3. The number of methoxy groups -OCH3 is 2. The Morgan fingerprint density at radius 3 is 2.62 bits per heavy atom. The summed E-state index contributed by atoms with van der Waals surface area (Å²) in [4.78, 5) is 24.7. The fourth-order valence-electron chi connectivity index (χ4n) is 1.06. The highest BCUT2D eigenvalue weighted by Crippen LogP contribution is 2.27. The number of pyridine rings is 1. The Balaban J connectivity index is 3.40. The van der Waals surface area contributed by atoms with Gasteiger partial charge in [0.15, 0.2) is 0 Å². The number of carbonyl (C=O) groups excluding carboxylic acids is 1. The highest BCUT2D eigenvalue weighted by molar-refractivity contribution is 5.93. The van der Waals surface area contributed by atoms with Crippen LogP contribution in [0.4, 0.5) is 11.5 Å². The van der Waals surface area contributed by atoms with E-state index in [2.05, 4.69) is 9.72 Å². The quantitative estimate of drug-likeness (QED) is 0.450. The van der Waals surface area contributed by atoms with E-state index in [-0.39, 0.29) is 17.3 Å². The van der Waals surface area contributed by atoms with Crippen LogP contribution >= 0.6 is 0 Å². The monoisotopic (exact) mass is 227 g/mol. The highest BCUT2D eigenvalue weighted by Gasteiger charge is 2.23. The van der Waals surface area contributed by atoms with Gasteiger partial charge in [0.25, 0.3) is 0 Å². The van der Waals surface area contributed by atoms with Crippen molar-refractivity contribution in [2.45, 2.75) is 0 Å². The molecule has 0 saturated heterocycles. The summed E-state index contributed by atoms with van der Waals surface area (Å²) in [5, 5.41) is 10.6. The number of hydrogen-bond acceptors (Lipinski definition) is 7. The number of hydrogen-bond donors (Lipinski definition) is 1. The summed E-state index contributed by atoms with van der Waals surface area (Å²) in [6, 6.07) is 0.965. The van der Waals surface area contributed by atoms with Crippen molar-refractivity contribution in [2.75, 3.05) is 20.0 Å². The number of ether oxygens (including phenoxy) is 2. The number of nitro groups is 1. The van der Waals surface area contributed by atoms with Crippen molar-refractivity contribution >= 4 is 17.5 Å². The molecular weight excluding hydrogens is 218 g/mol. The smallest absolute Gasteiger partial charge is 0.343 e. The molecule has 0 radical (unpaired) electrons. The van der Waals surface area contributed by atoms with Gasteiger partial charge in [0.1, 0.15) is 5.56 Å². The molecule has 0 aliphatic heterocycles. The minimum absolute atomic E-state index is 0.116. The SMILES string of the molecule is COC(=O)c1cc([N+](=O)[O-])c(N)nc1OC. The second kappa shape index (κ2) is 4.43. The molecule has 0 fully saturated rings. The van der Waals surface area contributed by atoms with Gasteiger partial charge in [-0.1, -0.05) is 0 Å². The van der Waals surface area contributed by atoms with Crippen molar-refractivity contribution in [2.24, 2.45) is 0 Å². The predicted molar refractivity (Wildman–Crippen MR) is 53.2 cm³/mol. The third-order valence-electron chi connectivity index (χ3n) is 1.79. The van der Waals surface area contributed by atoms with Gasteiger partial charge in [0, 0.05) is 6.07 Å². The maximum absolute atomic E-state index is 11.3. The van der Waals surface area contributed by atoms with Crippen LogP contribution < -0.4 is 10.5 Å². The van der Waals surface area contributed by atoms with E-state index in [0.29, 0.717) is 0 Å². The van der Waals surface area contributed by atoms with Crippen LogP contribution in [-0.2, 0) is 4.74 Å². The van der Waals surface area contributed by atoms with E-state index in [4.69, 9.17) is 10.5 Å². The molecule has 0 amide bonds. The second-order valence-corrected chi connectivity index (χ2v) is 2.70. The Kier molecular flexibility index (Phi) is 3.24. The molecule has 8 heteroatoms. The molecule has 0 aromatic carbocycles. The Bertz CT molecular complexity index is 446. The van der Waals surface area contributed by atoms with Crippen LogP contribution in [-0.4, -0.2) is 30.1 Å². The van der Waals surface area contributed by atoms with Crippen LogP contribution in [0.15, 0.2) is 6.07 Å². The first-order valence-corrected chi connectivity index (χ1v) is 4.08. The van der Waals surface area contributed by atoms with Gasteiger partial charge in [-0.3, -0.25) is 10.1 Å². The topological polar surface area (TPSA) is 118 Å². The van der Waals surface area contributed by atoms with E-state index < -0.39 is 16.6 Å². The molecule has 0 aliphatic rings. The lowest BCUT2D eigenvalue weighted by Crippen LogP contribution is -2.09. The lowest BCUT2D eigenvalue weighted by molar-refractivity contribution is -0.384. The molecule has 0 aliphatic carbocycles. The van der Waals surface area contributed by atoms with Gasteiger partial charge in [-0.25, -0.2) is 4.79 Å². The number of nitrogens with two attached hydrogens (primary N) is 1. The predicted octanol–water partition coefficient (Wildman–Crippen LogP) is 0.367. The zero-order valence-electron chi connectivity index (χ0n) is 8.59. The lowest BCUT2D eigenvalue weighted by Gasteiger charge is -2.06. The molecule has 0 unspecified atom stereocenters. The summed E-state index contributed by atoms with van der Waals surface area (Å²) in [6.45, 7) is 0. The first-order valence-electron chi connectivity index (χ1n) is 4.08. The first-order chi connectivity index (χ1) is 7.51. The molecular formula is C8H9N3O5. The van der Waals surface area contributed by atoms with Crippen LogP contribution in [0.3, 0.4) is 0 Å². The third-order valence-corrected chi connectivity index (χ3v) is 1.79. The number of esters is 1. The summed E-state index contributed by atoms with van der Waals surface area (Å²) < 4.78 is 9.20. The van der Waals surface area contributed by atoms with Gasteiger partial charge >= 0.3 is 11.7 Å². The van der Waals surface area contributed by atoms with Crippen molar-refractivity contribution in [3.8, 4) is 5.88 Å². The summed E-state index contributed by atoms with van der Waals surface area (Å²) >= 11 is 0. The van der Waals surface area contributed by atoms with Crippen molar-refractivity contribution in [1.29, 1.82) is 0 Å². The maximum Gasteiger partial charge on any atom is 0.343 e. The third kappa shape index (κ3) is 2.00. The van der Waals surface area contributed by atoms with Gasteiger partial charge in [0.2, 0.25) is 11.7 Å². The first kappa shape index (κ1) is 11.7. The van der Waals surface area contributed by atoms with Gasteiger partial charge in [0.05, 0.1) is 19.1 Å². The molecule has 16 heavy (non-hydrogen) atoms. The van der Waals surface area contributed by atoms with E-state index in [1.165, 1.54) is 7.11 Å². The van der Waals surface area contributed by atoms with Gasteiger partial charge in [-0.15, -0.1) is 0 Å². The Morgan fingerprint density at radius 1 is 1.56 bits per heavy atom. The minimum atomic E-state index is -0.785. The minimum Gasteiger partial charge on any atom is -0.480 e. The molecule has 1 aromatic heterocycles. The van der Waals surface area contributed by atoms with Crippen molar-refractivity contribution in [1.82, 2.24) is 4.98 Å². The summed E-state index contributed by atoms with van der Waals surface area (Å²) in [5.74, 6) is -1.23. The van der Waals surface area contributed by atoms with E-state index in [9.17, 15) is 14.9 Å². The Labute approximate surface area is 90.1 Å². The molecule has 2 N–H and O–H groups in total. The van der Waals surface area contributed by atoms with Crippen molar-refractivity contribution in [3.05, 3.63) is 21.7 Å². The number of nitrogens with zero attached hydrogens (tertiary/aromatic N) is 2. The van der Waals surface area contributed by atoms with Crippen LogP contribution in [0.2, 0.25) is 0 Å². The molecule has 1 rings (SSSR count). The summed E-state index contributed by atoms with van der Waals surface area (Å²) in [5.41, 5.74) is 4.71. The highest BCUT2D eigenvalue weighted by atomic mass is 16.6. The fraction of sp³-hybridized carbons (Fsp3) is 0.250. The molecule has 0 bridgehead atoms. The van der Waals surface area contributed by atoms with Crippen LogP contribution in [0.1, 0.15) is 10.4 Å². The maximum atomic E-state index is 11.3. The summed E-state index contributed by atoms with van der Waals surface area (Å²) in [6.07, 6.45) is 0. The Hall–Kier alpha value is -2.38. The molecule has 0 atom stereocenters. The van der Waals surface area contributed by atoms with Gasteiger partial charge < -0.3 is 15.2 Å². The number of nitrogen functional groups attached to an aromatic ring is 1. The molecule has 0 saturated carbocycles. The molecule has 86 valence electrons. The largest absolute Gasteiger partial charge is 0.480 e. The summed E-state index contributed by atoms with van der Waals surface area (Å²) in [7, 11) is 2.41. The molecule has 1 heterocycles. The number of anilines is 1. The van der Waals surface area contributed by atoms with E-state index in [1.54, 1.807) is 0 Å². The molecule has 8 nitrogen and oxygen atoms in total. The molecule has 0 spiro atoms. The van der Waals surface area contributed by atoms with Crippen LogP contribution in [0.25, 0.3) is 0 Å². The average Bonchev–Trinajstić information content (AvgIpc) is 2.27. The van der Waals surface area contributed by atoms with E-state index in [1.807, 2.05) is 0 Å². The van der Waals surface area contributed by atoms with Crippen LogP contribution in [0.5, 0.6) is 5.88 Å². The second-order valence-electron chi connectivity index (χ2n) is 2.70. The number of aromatic nitrogens is 1. The van der Waals surface area contributed by atoms with Crippen molar-refractivity contribution in [3.63, 3.8) is 0 Å². The molecule has 1 aromatic rings. The van der Waals surface area contributed by atoms with Crippen LogP contribution in [0, 0.1) is 10.1 Å². The fourth-order valence-corrected chi connectivity index (χ4v) is 1.06. The lowest BCUT2D eigenvalue weighted by atomic mass is 10.2. The van der Waals surface area contributed by atoms with E-state index >= 15 is 0 Å². The number of carbonyl (C=O) groups is 1. The van der Waals surface area contributed by atoms with E-state index in [0.717, 1.165) is 13.2 Å². The van der Waals surface area contributed by atoms with Crippen molar-refractivity contribution < 1.29 is 19.2 Å². The average molecular weight is 227 g/mol. The zero-order valence-corrected chi connectivity index (χ0v) is 8.59. The van der Waals surface area contributed by atoms with Gasteiger partial charge in [-0.2, -0.15) is 4.98 Å². The Morgan fingerprint density at radius 2 is 2.19 bits per heavy atom. The number of rotatable bonds is 3. The normalized spacial score (nSPS) is 9.62.